The van der Waals surface area contributed by atoms with Crippen LogP contribution in [0.2, 0.25) is 0 Å². The van der Waals surface area contributed by atoms with Gasteiger partial charge in [-0.3, -0.25) is 9.59 Å². The lowest BCUT2D eigenvalue weighted by molar-refractivity contribution is -0.122. The molecule has 2 unspecified atom stereocenters. The molecule has 0 fully saturated rings. The number of amides is 2. The Balaban J connectivity index is 0.979. The van der Waals surface area contributed by atoms with E-state index >= 15 is 0 Å². The Labute approximate surface area is 183 Å². The SMILES string of the molecule is O=C(CCCC(=O)NCCOC1Cc2ccccc21)NCCOC1Cc2ccccc21. The summed E-state index contributed by atoms with van der Waals surface area (Å²) in [6.45, 7) is 1.98. The van der Waals surface area contributed by atoms with Gasteiger partial charge in [-0.15, -0.1) is 0 Å². The maximum Gasteiger partial charge on any atom is 0.220 e. The van der Waals surface area contributed by atoms with Gasteiger partial charge in [0.15, 0.2) is 0 Å². The van der Waals surface area contributed by atoms with Crippen molar-refractivity contribution >= 4 is 11.8 Å². The molecule has 2 aliphatic carbocycles. The summed E-state index contributed by atoms with van der Waals surface area (Å²) >= 11 is 0. The van der Waals surface area contributed by atoms with E-state index in [0.29, 0.717) is 45.6 Å². The number of ether oxygens (including phenoxy) is 2. The van der Waals surface area contributed by atoms with Crippen LogP contribution in [0, 0.1) is 0 Å². The third-order valence-electron chi connectivity index (χ3n) is 5.91. The van der Waals surface area contributed by atoms with Crippen molar-refractivity contribution in [3.8, 4) is 0 Å². The minimum atomic E-state index is -0.0441. The summed E-state index contributed by atoms with van der Waals surface area (Å²) < 4.78 is 11.6. The molecular formula is C25H30N2O4. The van der Waals surface area contributed by atoms with E-state index in [1.165, 1.54) is 22.3 Å². The first-order chi connectivity index (χ1) is 15.2. The normalized spacial score (nSPS) is 18.2. The van der Waals surface area contributed by atoms with Gasteiger partial charge in [-0.05, 0) is 28.7 Å². The number of carbonyl (C=O) groups excluding carboxylic acids is 2. The average molecular weight is 423 g/mol. The first-order valence-corrected chi connectivity index (χ1v) is 11.1. The van der Waals surface area contributed by atoms with Gasteiger partial charge in [0.25, 0.3) is 0 Å². The number of hydrogen-bond acceptors (Lipinski definition) is 4. The van der Waals surface area contributed by atoms with Crippen LogP contribution in [-0.2, 0) is 31.9 Å². The lowest BCUT2D eigenvalue weighted by atomic mass is 9.85. The zero-order chi connectivity index (χ0) is 21.5. The van der Waals surface area contributed by atoms with Crippen LogP contribution in [0.4, 0.5) is 0 Å². The first-order valence-electron chi connectivity index (χ1n) is 11.1. The van der Waals surface area contributed by atoms with Crippen molar-refractivity contribution in [3.05, 3.63) is 70.8 Å². The number of nitrogens with one attached hydrogen (secondary N) is 2. The van der Waals surface area contributed by atoms with E-state index in [2.05, 4.69) is 34.9 Å². The fraction of sp³-hybridized carbons (Fsp3) is 0.440. The van der Waals surface area contributed by atoms with Gasteiger partial charge in [0.1, 0.15) is 0 Å². The van der Waals surface area contributed by atoms with Crippen molar-refractivity contribution in [2.75, 3.05) is 26.3 Å². The van der Waals surface area contributed by atoms with Crippen LogP contribution in [0.15, 0.2) is 48.5 Å². The molecular weight excluding hydrogens is 392 g/mol. The predicted octanol–water partition coefficient (Wildman–Crippen LogP) is 3.02. The van der Waals surface area contributed by atoms with Gasteiger partial charge in [-0.1, -0.05) is 48.5 Å². The summed E-state index contributed by atoms with van der Waals surface area (Å²) in [4.78, 5) is 23.8. The number of hydrogen-bond donors (Lipinski definition) is 2. The van der Waals surface area contributed by atoms with Crippen LogP contribution in [0.5, 0.6) is 0 Å². The molecule has 2 aliphatic rings. The third-order valence-corrected chi connectivity index (χ3v) is 5.91. The minimum absolute atomic E-state index is 0.0441. The van der Waals surface area contributed by atoms with Crippen LogP contribution < -0.4 is 10.6 Å². The zero-order valence-electron chi connectivity index (χ0n) is 17.8. The molecule has 0 aliphatic heterocycles. The van der Waals surface area contributed by atoms with Gasteiger partial charge < -0.3 is 20.1 Å². The van der Waals surface area contributed by atoms with Crippen LogP contribution in [0.3, 0.4) is 0 Å². The van der Waals surface area contributed by atoms with Gasteiger partial charge in [-0.25, -0.2) is 0 Å². The van der Waals surface area contributed by atoms with Crippen molar-refractivity contribution in [2.24, 2.45) is 0 Å². The molecule has 0 bridgehead atoms. The second kappa shape index (κ2) is 10.6. The summed E-state index contributed by atoms with van der Waals surface area (Å²) in [7, 11) is 0. The van der Waals surface area contributed by atoms with Crippen LogP contribution in [0.1, 0.15) is 53.7 Å². The molecule has 0 heterocycles. The molecule has 0 saturated carbocycles. The number of benzene rings is 2. The minimum Gasteiger partial charge on any atom is -0.371 e. The summed E-state index contributed by atoms with van der Waals surface area (Å²) in [5, 5.41) is 5.71. The molecule has 0 spiro atoms. The summed E-state index contributed by atoms with van der Waals surface area (Å²) in [6, 6.07) is 16.5. The maximum atomic E-state index is 11.9. The van der Waals surface area contributed by atoms with E-state index in [-0.39, 0.29) is 24.0 Å². The average Bonchev–Trinajstić information content (AvgIpc) is 2.74. The molecule has 6 nitrogen and oxygen atoms in total. The molecule has 2 amide bonds. The Kier molecular flexibility index (Phi) is 7.33. The molecule has 2 atom stereocenters. The summed E-state index contributed by atoms with van der Waals surface area (Å²) in [6.07, 6.45) is 3.41. The smallest absolute Gasteiger partial charge is 0.220 e. The van der Waals surface area contributed by atoms with Crippen LogP contribution in [-0.4, -0.2) is 38.1 Å². The zero-order valence-corrected chi connectivity index (χ0v) is 17.8. The van der Waals surface area contributed by atoms with Crippen LogP contribution >= 0.6 is 0 Å². The van der Waals surface area contributed by atoms with E-state index in [1.807, 2.05) is 24.3 Å². The highest BCUT2D eigenvalue weighted by atomic mass is 16.5. The quantitative estimate of drug-likeness (QED) is 0.516. The highest BCUT2D eigenvalue weighted by molar-refractivity contribution is 5.78. The molecule has 4 rings (SSSR count). The van der Waals surface area contributed by atoms with Gasteiger partial charge in [0, 0.05) is 38.8 Å². The van der Waals surface area contributed by atoms with E-state index in [0.717, 1.165) is 12.8 Å². The van der Waals surface area contributed by atoms with Crippen molar-refractivity contribution < 1.29 is 19.1 Å². The van der Waals surface area contributed by atoms with Gasteiger partial charge >= 0.3 is 0 Å². The fourth-order valence-electron chi connectivity index (χ4n) is 4.09. The molecule has 0 radical (unpaired) electrons. The lowest BCUT2D eigenvalue weighted by Gasteiger charge is -2.30. The van der Waals surface area contributed by atoms with Crippen molar-refractivity contribution in [3.63, 3.8) is 0 Å². The monoisotopic (exact) mass is 422 g/mol. The second-order valence-corrected chi connectivity index (χ2v) is 8.08. The number of rotatable bonds is 12. The summed E-state index contributed by atoms with van der Waals surface area (Å²) in [5.41, 5.74) is 5.19. The topological polar surface area (TPSA) is 76.7 Å². The van der Waals surface area contributed by atoms with E-state index in [1.54, 1.807) is 0 Å². The Morgan fingerprint density at radius 2 is 1.19 bits per heavy atom. The van der Waals surface area contributed by atoms with Gasteiger partial charge in [0.05, 0.1) is 25.4 Å². The van der Waals surface area contributed by atoms with Crippen molar-refractivity contribution in [2.45, 2.75) is 44.3 Å². The second-order valence-electron chi connectivity index (χ2n) is 8.08. The predicted molar refractivity (Wildman–Crippen MR) is 118 cm³/mol. The lowest BCUT2D eigenvalue weighted by Crippen LogP contribution is -2.30. The van der Waals surface area contributed by atoms with Gasteiger partial charge in [-0.2, -0.15) is 0 Å². The van der Waals surface area contributed by atoms with E-state index in [4.69, 9.17) is 9.47 Å². The highest BCUT2D eigenvalue weighted by Gasteiger charge is 2.26. The molecule has 2 N–H and O–H groups in total. The summed E-state index contributed by atoms with van der Waals surface area (Å²) in [5.74, 6) is -0.0882. The standard InChI is InChI=1S/C25H30N2O4/c28-24(26-12-14-30-22-16-18-6-1-3-8-20(18)22)10-5-11-25(29)27-13-15-31-23-17-19-7-2-4-9-21(19)23/h1-4,6-9,22-23H,5,10-17H2,(H,26,28)(H,27,29). The molecule has 6 heteroatoms. The largest absolute Gasteiger partial charge is 0.371 e. The number of fused-ring (bicyclic) bond motifs is 2. The highest BCUT2D eigenvalue weighted by Crippen LogP contribution is 2.36. The Morgan fingerprint density at radius 1 is 0.742 bits per heavy atom. The van der Waals surface area contributed by atoms with E-state index in [9.17, 15) is 9.59 Å². The molecule has 0 aromatic heterocycles. The maximum absolute atomic E-state index is 11.9. The third kappa shape index (κ3) is 5.71. The first kappa shape index (κ1) is 21.5. The van der Waals surface area contributed by atoms with Crippen molar-refractivity contribution in [1.29, 1.82) is 0 Å². The van der Waals surface area contributed by atoms with Gasteiger partial charge in [0.2, 0.25) is 11.8 Å². The van der Waals surface area contributed by atoms with Crippen LogP contribution in [0.25, 0.3) is 0 Å². The molecule has 164 valence electrons. The number of carbonyl (C=O) groups is 2. The molecule has 31 heavy (non-hydrogen) atoms. The Hall–Kier alpha value is -2.70. The molecule has 2 aromatic carbocycles. The molecule has 0 saturated heterocycles. The van der Waals surface area contributed by atoms with Crippen molar-refractivity contribution in [1.82, 2.24) is 10.6 Å². The van der Waals surface area contributed by atoms with E-state index < -0.39 is 0 Å². The Bertz CT molecular complexity index is 840. The fourth-order valence-corrected chi connectivity index (χ4v) is 4.09. The Morgan fingerprint density at radius 3 is 1.65 bits per heavy atom. The molecule has 2 aromatic rings.